The van der Waals surface area contributed by atoms with Crippen LogP contribution in [0.5, 0.6) is 17.2 Å². The van der Waals surface area contributed by atoms with Crippen molar-refractivity contribution in [3.05, 3.63) is 48.0 Å². The van der Waals surface area contributed by atoms with Crippen LogP contribution in [0.2, 0.25) is 0 Å². The lowest BCUT2D eigenvalue weighted by atomic mass is 10.0. The van der Waals surface area contributed by atoms with Crippen molar-refractivity contribution in [1.29, 1.82) is 0 Å². The number of anilines is 1. The third-order valence-electron chi connectivity index (χ3n) is 3.93. The number of benzene rings is 2. The van der Waals surface area contributed by atoms with Crippen LogP contribution in [0.25, 0.3) is 0 Å². The Morgan fingerprint density at radius 2 is 1.71 bits per heavy atom. The number of hydrogen-bond acceptors (Lipinski definition) is 6. The first-order valence-electron chi connectivity index (χ1n) is 8.83. The minimum absolute atomic E-state index is 0.260. The highest BCUT2D eigenvalue weighted by Crippen LogP contribution is 2.29. The van der Waals surface area contributed by atoms with E-state index < -0.39 is 18.5 Å². The summed E-state index contributed by atoms with van der Waals surface area (Å²) >= 11 is 0. The van der Waals surface area contributed by atoms with E-state index in [1.54, 1.807) is 24.3 Å². The molecule has 28 heavy (non-hydrogen) atoms. The lowest BCUT2D eigenvalue weighted by Crippen LogP contribution is -2.24. The van der Waals surface area contributed by atoms with Crippen LogP contribution in [0, 0.1) is 0 Å². The summed E-state index contributed by atoms with van der Waals surface area (Å²) in [5.41, 5.74) is 1.42. The number of carbonyl (C=O) groups excluding carboxylic acids is 2. The molecule has 0 fully saturated rings. The number of nitrogens with one attached hydrogen (secondary N) is 1. The number of rotatable bonds is 9. The first-order chi connectivity index (χ1) is 13.4. The summed E-state index contributed by atoms with van der Waals surface area (Å²) in [5.74, 6) is 0.782. The Morgan fingerprint density at radius 3 is 2.39 bits per heavy atom. The van der Waals surface area contributed by atoms with Crippen LogP contribution >= 0.6 is 0 Å². The standard InChI is InChI=1S/C21H25NO6/c1-14(2)16-7-5-6-8-18(16)27-13-21(24)28-12-20(23)22-17-11-15(25-3)9-10-19(17)26-4/h5-11,14H,12-13H2,1-4H3,(H,22,23). The summed E-state index contributed by atoms with van der Waals surface area (Å²) in [6.07, 6.45) is 0. The summed E-state index contributed by atoms with van der Waals surface area (Å²) in [6.45, 7) is 3.36. The highest BCUT2D eigenvalue weighted by atomic mass is 16.6. The number of ether oxygens (including phenoxy) is 4. The minimum Gasteiger partial charge on any atom is -0.497 e. The van der Waals surface area contributed by atoms with Gasteiger partial charge in [-0.05, 0) is 29.7 Å². The number of methoxy groups -OCH3 is 2. The van der Waals surface area contributed by atoms with Crippen LogP contribution in [-0.2, 0) is 14.3 Å². The molecule has 7 nitrogen and oxygen atoms in total. The fraction of sp³-hybridized carbons (Fsp3) is 0.333. The van der Waals surface area contributed by atoms with Gasteiger partial charge in [-0.3, -0.25) is 4.79 Å². The average molecular weight is 387 g/mol. The molecule has 0 spiro atoms. The van der Waals surface area contributed by atoms with Gasteiger partial charge in [0.05, 0.1) is 19.9 Å². The molecule has 1 amide bonds. The molecule has 0 saturated heterocycles. The Hall–Kier alpha value is -3.22. The Kier molecular flexibility index (Phi) is 7.68. The number of esters is 1. The van der Waals surface area contributed by atoms with E-state index in [1.165, 1.54) is 14.2 Å². The van der Waals surface area contributed by atoms with Gasteiger partial charge in [0, 0.05) is 6.07 Å². The van der Waals surface area contributed by atoms with Gasteiger partial charge in [0.1, 0.15) is 17.2 Å². The normalized spacial score (nSPS) is 10.3. The van der Waals surface area contributed by atoms with Gasteiger partial charge < -0.3 is 24.3 Å². The molecule has 0 aromatic heterocycles. The quantitative estimate of drug-likeness (QED) is 0.664. The zero-order valence-corrected chi connectivity index (χ0v) is 16.5. The van der Waals surface area contributed by atoms with Gasteiger partial charge in [-0.15, -0.1) is 0 Å². The van der Waals surface area contributed by atoms with Crippen LogP contribution in [0.3, 0.4) is 0 Å². The molecule has 0 heterocycles. The summed E-state index contributed by atoms with van der Waals surface area (Å²) < 4.78 is 20.8. The second kappa shape index (κ2) is 10.2. The molecule has 7 heteroatoms. The Bertz CT molecular complexity index is 818. The van der Waals surface area contributed by atoms with E-state index in [-0.39, 0.29) is 12.5 Å². The maximum absolute atomic E-state index is 12.1. The van der Waals surface area contributed by atoms with Gasteiger partial charge in [0.2, 0.25) is 0 Å². The number of hydrogen-bond donors (Lipinski definition) is 1. The first kappa shape index (κ1) is 21.1. The van der Waals surface area contributed by atoms with E-state index in [1.807, 2.05) is 32.0 Å². The Morgan fingerprint density at radius 1 is 0.964 bits per heavy atom. The van der Waals surface area contributed by atoms with Crippen molar-refractivity contribution in [1.82, 2.24) is 0 Å². The highest BCUT2D eigenvalue weighted by Gasteiger charge is 2.13. The molecule has 0 aliphatic rings. The molecule has 0 aliphatic heterocycles. The first-order valence-corrected chi connectivity index (χ1v) is 8.83. The van der Waals surface area contributed by atoms with E-state index in [0.717, 1.165) is 5.56 Å². The van der Waals surface area contributed by atoms with Crippen LogP contribution < -0.4 is 19.5 Å². The largest absolute Gasteiger partial charge is 0.497 e. The molecule has 0 unspecified atom stereocenters. The van der Waals surface area contributed by atoms with Gasteiger partial charge >= 0.3 is 5.97 Å². The van der Waals surface area contributed by atoms with E-state index >= 15 is 0 Å². The summed E-state index contributed by atoms with van der Waals surface area (Å²) in [4.78, 5) is 24.0. The molecule has 1 N–H and O–H groups in total. The van der Waals surface area contributed by atoms with Crippen LogP contribution in [0.1, 0.15) is 25.3 Å². The van der Waals surface area contributed by atoms with Crippen LogP contribution in [0.4, 0.5) is 5.69 Å². The molecular weight excluding hydrogens is 362 g/mol. The van der Waals surface area contributed by atoms with Gasteiger partial charge in [0.25, 0.3) is 5.91 Å². The van der Waals surface area contributed by atoms with Gasteiger partial charge in [-0.2, -0.15) is 0 Å². The van der Waals surface area contributed by atoms with Gasteiger partial charge in [-0.25, -0.2) is 4.79 Å². The fourth-order valence-corrected chi connectivity index (χ4v) is 2.51. The van der Waals surface area contributed by atoms with E-state index in [2.05, 4.69) is 5.32 Å². The number of carbonyl (C=O) groups is 2. The van der Waals surface area contributed by atoms with E-state index in [9.17, 15) is 9.59 Å². The van der Waals surface area contributed by atoms with Crippen molar-refractivity contribution < 1.29 is 28.5 Å². The van der Waals surface area contributed by atoms with Crippen LogP contribution in [0.15, 0.2) is 42.5 Å². The molecule has 0 atom stereocenters. The Balaban J connectivity index is 1.86. The molecule has 0 radical (unpaired) electrons. The smallest absolute Gasteiger partial charge is 0.344 e. The van der Waals surface area contributed by atoms with Gasteiger partial charge in [0.15, 0.2) is 13.2 Å². The molecule has 0 saturated carbocycles. The lowest BCUT2D eigenvalue weighted by Gasteiger charge is -2.14. The average Bonchev–Trinajstić information content (AvgIpc) is 2.70. The second-order valence-electron chi connectivity index (χ2n) is 6.26. The molecule has 2 aromatic rings. The predicted octanol–water partition coefficient (Wildman–Crippen LogP) is 3.39. The zero-order valence-electron chi connectivity index (χ0n) is 16.5. The Labute approximate surface area is 164 Å². The maximum atomic E-state index is 12.1. The number of para-hydroxylation sites is 1. The van der Waals surface area contributed by atoms with Crippen molar-refractivity contribution >= 4 is 17.6 Å². The van der Waals surface area contributed by atoms with E-state index in [4.69, 9.17) is 18.9 Å². The van der Waals surface area contributed by atoms with Gasteiger partial charge in [-0.1, -0.05) is 32.0 Å². The summed E-state index contributed by atoms with van der Waals surface area (Å²) in [5, 5.41) is 2.63. The van der Waals surface area contributed by atoms with Crippen LogP contribution in [-0.4, -0.2) is 39.3 Å². The molecule has 0 bridgehead atoms. The molecule has 2 aromatic carbocycles. The zero-order chi connectivity index (χ0) is 20.5. The maximum Gasteiger partial charge on any atom is 0.344 e. The minimum atomic E-state index is -0.633. The predicted molar refractivity (Wildman–Crippen MR) is 105 cm³/mol. The van der Waals surface area contributed by atoms with Crippen molar-refractivity contribution in [2.75, 3.05) is 32.8 Å². The summed E-state index contributed by atoms with van der Waals surface area (Å²) in [6, 6.07) is 12.5. The third kappa shape index (κ3) is 5.90. The molecule has 2 rings (SSSR count). The fourth-order valence-electron chi connectivity index (χ4n) is 2.51. The highest BCUT2D eigenvalue weighted by molar-refractivity contribution is 5.94. The molecular formula is C21H25NO6. The van der Waals surface area contributed by atoms with Crippen molar-refractivity contribution in [2.45, 2.75) is 19.8 Å². The van der Waals surface area contributed by atoms with E-state index in [0.29, 0.717) is 22.9 Å². The molecule has 0 aliphatic carbocycles. The summed E-state index contributed by atoms with van der Waals surface area (Å²) in [7, 11) is 3.01. The second-order valence-corrected chi connectivity index (χ2v) is 6.26. The molecule has 150 valence electrons. The monoisotopic (exact) mass is 387 g/mol. The lowest BCUT2D eigenvalue weighted by molar-refractivity contribution is -0.149. The number of amides is 1. The third-order valence-corrected chi connectivity index (χ3v) is 3.93. The van der Waals surface area contributed by atoms with Crippen molar-refractivity contribution in [3.63, 3.8) is 0 Å². The van der Waals surface area contributed by atoms with Crippen molar-refractivity contribution in [2.24, 2.45) is 0 Å². The van der Waals surface area contributed by atoms with Crippen molar-refractivity contribution in [3.8, 4) is 17.2 Å². The topological polar surface area (TPSA) is 83.1 Å². The SMILES string of the molecule is COc1ccc(OC)c(NC(=O)COC(=O)COc2ccccc2C(C)C)c1.